The molecule has 2 N–H and O–H groups in total. The van der Waals surface area contributed by atoms with Crippen molar-refractivity contribution in [2.24, 2.45) is 0 Å². The van der Waals surface area contributed by atoms with Crippen LogP contribution in [-0.4, -0.2) is 16.0 Å². The fourth-order valence-corrected chi connectivity index (χ4v) is 3.55. The van der Waals surface area contributed by atoms with E-state index in [9.17, 15) is 15.0 Å². The van der Waals surface area contributed by atoms with E-state index < -0.39 is 0 Å². The van der Waals surface area contributed by atoms with Gasteiger partial charge in [-0.15, -0.1) is 0 Å². The quantitative estimate of drug-likeness (QED) is 0.474. The Labute approximate surface area is 174 Å². The van der Waals surface area contributed by atoms with Crippen LogP contribution in [0.1, 0.15) is 42.3 Å². The molecular formula is C23H20Cl2O3. The number of hydrogen-bond donors (Lipinski definition) is 2. The number of rotatable bonds is 3. The Bertz CT molecular complexity index is 1010. The van der Waals surface area contributed by atoms with Gasteiger partial charge in [0.1, 0.15) is 11.5 Å². The minimum atomic E-state index is -0.290. The summed E-state index contributed by atoms with van der Waals surface area (Å²) < 4.78 is 0. The van der Waals surface area contributed by atoms with E-state index in [1.807, 2.05) is 12.1 Å². The van der Waals surface area contributed by atoms with Gasteiger partial charge in [0.05, 0.1) is 5.56 Å². The average Bonchev–Trinajstić information content (AvgIpc) is 2.59. The molecule has 0 aliphatic heterocycles. The maximum Gasteiger partial charge on any atom is 0.193 e. The first-order chi connectivity index (χ1) is 13.1. The van der Waals surface area contributed by atoms with Gasteiger partial charge in [-0.1, -0.05) is 68.2 Å². The number of aromatic hydroxyl groups is 2. The van der Waals surface area contributed by atoms with Gasteiger partial charge in [0.25, 0.3) is 0 Å². The third kappa shape index (κ3) is 4.16. The van der Waals surface area contributed by atoms with Gasteiger partial charge in [0, 0.05) is 21.2 Å². The molecule has 0 heterocycles. The van der Waals surface area contributed by atoms with Crippen LogP contribution in [0.5, 0.6) is 11.5 Å². The van der Waals surface area contributed by atoms with Crippen molar-refractivity contribution in [2.45, 2.75) is 26.2 Å². The summed E-state index contributed by atoms with van der Waals surface area (Å²) in [5.41, 5.74) is 2.39. The van der Waals surface area contributed by atoms with E-state index in [2.05, 4.69) is 20.8 Å². The van der Waals surface area contributed by atoms with Crippen LogP contribution >= 0.6 is 23.2 Å². The molecule has 3 rings (SSSR count). The summed E-state index contributed by atoms with van der Waals surface area (Å²) in [6.45, 7) is 6.29. The zero-order chi connectivity index (χ0) is 20.6. The van der Waals surface area contributed by atoms with Gasteiger partial charge < -0.3 is 10.2 Å². The van der Waals surface area contributed by atoms with Crippen molar-refractivity contribution in [3.05, 3.63) is 81.3 Å². The Morgan fingerprint density at radius 1 is 0.786 bits per heavy atom. The maximum atomic E-state index is 12.8. The molecule has 3 nitrogen and oxygen atoms in total. The first-order valence-corrected chi connectivity index (χ1v) is 9.49. The molecule has 3 aromatic rings. The summed E-state index contributed by atoms with van der Waals surface area (Å²) in [5.74, 6) is -0.747. The molecule has 0 atom stereocenters. The van der Waals surface area contributed by atoms with Crippen LogP contribution in [0.3, 0.4) is 0 Å². The molecule has 0 saturated carbocycles. The second kappa shape index (κ2) is 7.50. The summed E-state index contributed by atoms with van der Waals surface area (Å²) in [4.78, 5) is 12.8. The van der Waals surface area contributed by atoms with Crippen LogP contribution in [-0.2, 0) is 5.41 Å². The highest BCUT2D eigenvalue weighted by atomic mass is 35.5. The molecule has 0 amide bonds. The predicted octanol–water partition coefficient (Wildman–Crippen LogP) is 6.60. The number of carbonyl (C=O) groups excluding carboxylic acids is 1. The van der Waals surface area contributed by atoms with Crippen molar-refractivity contribution >= 4 is 29.0 Å². The van der Waals surface area contributed by atoms with Crippen molar-refractivity contribution < 1.29 is 15.0 Å². The zero-order valence-corrected chi connectivity index (χ0v) is 17.3. The Morgan fingerprint density at radius 3 is 1.75 bits per heavy atom. The lowest BCUT2D eigenvalue weighted by molar-refractivity contribution is 0.103. The largest absolute Gasteiger partial charge is 0.507 e. The highest BCUT2D eigenvalue weighted by Gasteiger charge is 2.19. The molecule has 5 heteroatoms. The van der Waals surface area contributed by atoms with Crippen LogP contribution < -0.4 is 0 Å². The Morgan fingerprint density at radius 2 is 1.29 bits per heavy atom. The van der Waals surface area contributed by atoms with Gasteiger partial charge in [0.2, 0.25) is 0 Å². The minimum Gasteiger partial charge on any atom is -0.507 e. The summed E-state index contributed by atoms with van der Waals surface area (Å²) in [6.07, 6.45) is 0. The fraction of sp³-hybridized carbons (Fsp3) is 0.174. The number of hydrogen-bond acceptors (Lipinski definition) is 3. The molecule has 0 bridgehead atoms. The van der Waals surface area contributed by atoms with Crippen molar-refractivity contribution in [2.75, 3.05) is 0 Å². The molecule has 3 aromatic carbocycles. The predicted molar refractivity (Wildman–Crippen MR) is 114 cm³/mol. The summed E-state index contributed by atoms with van der Waals surface area (Å²) in [7, 11) is 0. The molecule has 0 spiro atoms. The van der Waals surface area contributed by atoms with E-state index >= 15 is 0 Å². The molecule has 0 radical (unpaired) electrons. The molecule has 0 aliphatic carbocycles. The van der Waals surface area contributed by atoms with E-state index in [0.29, 0.717) is 21.2 Å². The third-order valence-electron chi connectivity index (χ3n) is 4.52. The van der Waals surface area contributed by atoms with Gasteiger partial charge in [-0.3, -0.25) is 4.79 Å². The highest BCUT2D eigenvalue weighted by molar-refractivity contribution is 6.35. The summed E-state index contributed by atoms with van der Waals surface area (Å²) in [5, 5.41) is 21.7. The third-order valence-corrected chi connectivity index (χ3v) is 4.96. The van der Waals surface area contributed by atoms with E-state index in [0.717, 1.165) is 5.56 Å². The summed E-state index contributed by atoms with van der Waals surface area (Å²) >= 11 is 12.0. The molecule has 28 heavy (non-hydrogen) atoms. The van der Waals surface area contributed by atoms with Gasteiger partial charge >= 0.3 is 0 Å². The van der Waals surface area contributed by atoms with Crippen molar-refractivity contribution in [3.63, 3.8) is 0 Å². The Balaban J connectivity index is 1.99. The zero-order valence-electron chi connectivity index (χ0n) is 15.8. The number of benzene rings is 3. The monoisotopic (exact) mass is 414 g/mol. The van der Waals surface area contributed by atoms with Crippen LogP contribution in [0.2, 0.25) is 10.0 Å². The molecule has 144 valence electrons. The van der Waals surface area contributed by atoms with Crippen LogP contribution in [0.4, 0.5) is 0 Å². The van der Waals surface area contributed by atoms with Crippen LogP contribution in [0.25, 0.3) is 11.1 Å². The lowest BCUT2D eigenvalue weighted by Crippen LogP contribution is -2.11. The van der Waals surface area contributed by atoms with Gasteiger partial charge in [-0.05, 0) is 46.9 Å². The molecule has 0 fully saturated rings. The van der Waals surface area contributed by atoms with Crippen LogP contribution in [0, 0.1) is 0 Å². The van der Waals surface area contributed by atoms with Crippen molar-refractivity contribution in [3.8, 4) is 22.6 Å². The number of ketones is 1. The fourth-order valence-electron chi connectivity index (χ4n) is 3.03. The second-order valence-electron chi connectivity index (χ2n) is 7.70. The lowest BCUT2D eigenvalue weighted by Gasteiger charge is -2.19. The van der Waals surface area contributed by atoms with Crippen molar-refractivity contribution in [1.82, 2.24) is 0 Å². The van der Waals surface area contributed by atoms with E-state index in [-0.39, 0.29) is 33.8 Å². The molecule has 0 aliphatic rings. The Hall–Kier alpha value is -2.49. The first kappa shape index (κ1) is 20.2. The van der Waals surface area contributed by atoms with E-state index in [4.69, 9.17) is 23.2 Å². The SMILES string of the molecule is CC(C)(C)c1ccc(C(=O)c2cc(O)c(-c3cc(Cl)cc(Cl)c3)c(O)c2)cc1. The lowest BCUT2D eigenvalue weighted by atomic mass is 9.86. The summed E-state index contributed by atoms with van der Waals surface area (Å²) in [6, 6.07) is 14.7. The first-order valence-electron chi connectivity index (χ1n) is 8.74. The second-order valence-corrected chi connectivity index (χ2v) is 8.58. The van der Waals surface area contributed by atoms with Crippen LogP contribution in [0.15, 0.2) is 54.6 Å². The number of phenolic OH excluding ortho intramolecular Hbond substituents is 2. The Kier molecular flexibility index (Phi) is 5.42. The van der Waals surface area contributed by atoms with Gasteiger partial charge in [-0.2, -0.15) is 0 Å². The molecular weight excluding hydrogens is 395 g/mol. The van der Waals surface area contributed by atoms with Gasteiger partial charge in [-0.25, -0.2) is 0 Å². The van der Waals surface area contributed by atoms with Crippen molar-refractivity contribution in [1.29, 1.82) is 0 Å². The van der Waals surface area contributed by atoms with Gasteiger partial charge in [0.15, 0.2) is 5.78 Å². The van der Waals surface area contributed by atoms with E-state index in [1.165, 1.54) is 12.1 Å². The standard InChI is InChI=1S/C23H20Cl2O3/c1-23(2,3)16-6-4-13(5-7-16)22(28)15-10-19(26)21(20(27)11-15)14-8-17(24)12-18(25)9-14/h4-12,26-27H,1-3H3. The number of halogens is 2. The maximum absolute atomic E-state index is 12.8. The number of phenols is 2. The topological polar surface area (TPSA) is 57.5 Å². The highest BCUT2D eigenvalue weighted by Crippen LogP contribution is 2.40. The smallest absolute Gasteiger partial charge is 0.193 e. The van der Waals surface area contributed by atoms with E-state index in [1.54, 1.807) is 30.3 Å². The molecule has 0 saturated heterocycles. The molecule has 0 unspecified atom stereocenters. The normalized spacial score (nSPS) is 11.5. The number of carbonyl (C=O) groups is 1. The average molecular weight is 415 g/mol. The minimum absolute atomic E-state index is 0.0159. The molecule has 0 aromatic heterocycles.